The zero-order valence-corrected chi connectivity index (χ0v) is 13.0. The molecule has 0 radical (unpaired) electrons. The van der Waals surface area contributed by atoms with Gasteiger partial charge in [-0.3, -0.25) is 4.90 Å². The predicted octanol–water partition coefficient (Wildman–Crippen LogP) is 1.28. The van der Waals surface area contributed by atoms with Gasteiger partial charge >= 0.3 is 0 Å². The minimum absolute atomic E-state index is 0.0571. The highest BCUT2D eigenvalue weighted by molar-refractivity contribution is 7.90. The highest BCUT2D eigenvalue weighted by Crippen LogP contribution is 2.23. The topological polar surface area (TPSA) is 63.4 Å². The van der Waals surface area contributed by atoms with E-state index in [-0.39, 0.29) is 11.8 Å². The number of hydrogen-bond donors (Lipinski definition) is 1. The van der Waals surface area contributed by atoms with E-state index in [1.807, 2.05) is 18.9 Å². The van der Waals surface area contributed by atoms with Crippen LogP contribution in [0, 0.1) is 13.8 Å². The molecule has 108 valence electrons. The van der Waals surface area contributed by atoms with Crippen LogP contribution in [0.4, 0.5) is 0 Å². The number of nitrogens with zero attached hydrogens (tertiary/aromatic N) is 1. The lowest BCUT2D eigenvalue weighted by atomic mass is 9.98. The Balaban J connectivity index is 2.90. The van der Waals surface area contributed by atoms with Gasteiger partial charge in [-0.05, 0) is 32.0 Å². The van der Waals surface area contributed by atoms with E-state index in [0.717, 1.165) is 0 Å². The van der Waals surface area contributed by atoms with E-state index < -0.39 is 9.84 Å². The maximum atomic E-state index is 11.2. The zero-order valence-electron chi connectivity index (χ0n) is 12.2. The first-order valence-electron chi connectivity index (χ1n) is 6.40. The molecule has 1 unspecified atom stereocenters. The van der Waals surface area contributed by atoms with Crippen LogP contribution in [0.3, 0.4) is 0 Å². The van der Waals surface area contributed by atoms with Gasteiger partial charge in [-0.15, -0.1) is 0 Å². The second kappa shape index (κ2) is 6.50. The summed E-state index contributed by atoms with van der Waals surface area (Å²) in [7, 11) is -1.02. The summed E-state index contributed by atoms with van der Waals surface area (Å²) < 4.78 is 22.5. The van der Waals surface area contributed by atoms with E-state index in [2.05, 4.69) is 25.1 Å². The highest BCUT2D eigenvalue weighted by Gasteiger charge is 2.18. The standard InChI is InChI=1S/C14H24N2O2S/c1-11-5-6-12(2)13(9-11)14(10-15)16(3)7-8-19(4,17)18/h5-6,9,14H,7-8,10,15H2,1-4H3. The van der Waals surface area contributed by atoms with Gasteiger partial charge in [-0.2, -0.15) is 0 Å². The fourth-order valence-corrected chi connectivity index (χ4v) is 2.75. The van der Waals surface area contributed by atoms with Crippen molar-refractivity contribution < 1.29 is 8.42 Å². The van der Waals surface area contributed by atoms with E-state index in [4.69, 9.17) is 5.73 Å². The second-order valence-corrected chi connectivity index (χ2v) is 7.48. The van der Waals surface area contributed by atoms with Crippen LogP contribution >= 0.6 is 0 Å². The van der Waals surface area contributed by atoms with Crippen molar-refractivity contribution in [2.24, 2.45) is 5.73 Å². The van der Waals surface area contributed by atoms with Crippen LogP contribution in [0.2, 0.25) is 0 Å². The molecule has 5 heteroatoms. The molecule has 4 nitrogen and oxygen atoms in total. The van der Waals surface area contributed by atoms with Crippen LogP contribution in [-0.4, -0.2) is 45.5 Å². The van der Waals surface area contributed by atoms with Crippen molar-refractivity contribution in [3.63, 3.8) is 0 Å². The third-order valence-corrected chi connectivity index (χ3v) is 4.29. The molecule has 2 N–H and O–H groups in total. The highest BCUT2D eigenvalue weighted by atomic mass is 32.2. The Morgan fingerprint density at radius 3 is 2.47 bits per heavy atom. The normalized spacial score (nSPS) is 13.8. The van der Waals surface area contributed by atoms with Crippen molar-refractivity contribution in [3.05, 3.63) is 34.9 Å². The van der Waals surface area contributed by atoms with Crippen LogP contribution in [-0.2, 0) is 9.84 Å². The Labute approximate surface area is 116 Å². The molecule has 0 aromatic heterocycles. The average Bonchev–Trinajstić information content (AvgIpc) is 2.31. The van der Waals surface area contributed by atoms with Gasteiger partial charge < -0.3 is 5.73 Å². The van der Waals surface area contributed by atoms with Crippen molar-refractivity contribution in [3.8, 4) is 0 Å². The number of likely N-dealkylation sites (N-methyl/N-ethyl adjacent to an activating group) is 1. The van der Waals surface area contributed by atoms with Crippen molar-refractivity contribution in [2.75, 3.05) is 32.1 Å². The summed E-state index contributed by atoms with van der Waals surface area (Å²) in [6.45, 7) is 5.08. The molecule has 1 atom stereocenters. The molecule has 0 saturated heterocycles. The van der Waals surface area contributed by atoms with Crippen LogP contribution in [0.1, 0.15) is 22.7 Å². The Bertz CT molecular complexity index is 526. The molecule has 1 rings (SSSR count). The zero-order chi connectivity index (χ0) is 14.6. The maximum Gasteiger partial charge on any atom is 0.148 e. The van der Waals surface area contributed by atoms with Gasteiger partial charge in [0, 0.05) is 25.4 Å². The van der Waals surface area contributed by atoms with Crippen LogP contribution in [0.25, 0.3) is 0 Å². The molecule has 0 heterocycles. The molecular formula is C14H24N2O2S. The largest absolute Gasteiger partial charge is 0.329 e. The Kier molecular flexibility index (Phi) is 5.52. The Hall–Kier alpha value is -0.910. The molecule has 0 saturated carbocycles. The van der Waals surface area contributed by atoms with Crippen LogP contribution in [0.5, 0.6) is 0 Å². The smallest absolute Gasteiger partial charge is 0.148 e. The number of nitrogens with two attached hydrogens (primary N) is 1. The quantitative estimate of drug-likeness (QED) is 0.855. The fraction of sp³-hybridized carbons (Fsp3) is 0.571. The SMILES string of the molecule is Cc1ccc(C)c(C(CN)N(C)CCS(C)(=O)=O)c1. The summed E-state index contributed by atoms with van der Waals surface area (Å²) in [5.41, 5.74) is 9.43. The Morgan fingerprint density at radius 2 is 1.95 bits per heavy atom. The summed E-state index contributed by atoms with van der Waals surface area (Å²) >= 11 is 0. The van der Waals surface area contributed by atoms with Crippen LogP contribution in [0.15, 0.2) is 18.2 Å². The molecule has 0 spiro atoms. The first-order chi connectivity index (χ1) is 8.74. The van der Waals surface area contributed by atoms with Gasteiger partial charge in [0.1, 0.15) is 9.84 Å². The van der Waals surface area contributed by atoms with Crippen molar-refractivity contribution in [1.29, 1.82) is 0 Å². The first-order valence-corrected chi connectivity index (χ1v) is 8.46. The average molecular weight is 284 g/mol. The molecule has 0 bridgehead atoms. The molecule has 0 amide bonds. The lowest BCUT2D eigenvalue weighted by Gasteiger charge is -2.28. The van der Waals surface area contributed by atoms with Crippen LogP contribution < -0.4 is 5.73 Å². The van der Waals surface area contributed by atoms with E-state index >= 15 is 0 Å². The van der Waals surface area contributed by atoms with E-state index in [1.165, 1.54) is 22.9 Å². The lowest BCUT2D eigenvalue weighted by Crippen LogP contribution is -2.34. The number of sulfone groups is 1. The molecule has 0 aliphatic carbocycles. The van der Waals surface area contributed by atoms with E-state index in [0.29, 0.717) is 13.1 Å². The molecule has 0 aliphatic heterocycles. The monoisotopic (exact) mass is 284 g/mol. The molecule has 1 aromatic carbocycles. The molecule has 0 fully saturated rings. The van der Waals surface area contributed by atoms with Crippen molar-refractivity contribution >= 4 is 9.84 Å². The summed E-state index contributed by atoms with van der Waals surface area (Å²) in [4.78, 5) is 2.02. The minimum atomic E-state index is -2.94. The fourth-order valence-electron chi connectivity index (χ4n) is 2.13. The van der Waals surface area contributed by atoms with Gasteiger partial charge in [-0.25, -0.2) is 8.42 Å². The lowest BCUT2D eigenvalue weighted by molar-refractivity contribution is 0.263. The molecule has 19 heavy (non-hydrogen) atoms. The van der Waals surface area contributed by atoms with Gasteiger partial charge in [0.2, 0.25) is 0 Å². The summed E-state index contributed by atoms with van der Waals surface area (Å²) in [5.74, 6) is 0.158. The summed E-state index contributed by atoms with van der Waals surface area (Å²) in [5, 5.41) is 0. The number of hydrogen-bond acceptors (Lipinski definition) is 4. The Morgan fingerprint density at radius 1 is 1.32 bits per heavy atom. The number of aryl methyl sites for hydroxylation is 2. The third-order valence-electron chi connectivity index (χ3n) is 3.36. The number of rotatable bonds is 6. The number of benzene rings is 1. The molecule has 1 aromatic rings. The van der Waals surface area contributed by atoms with Crippen molar-refractivity contribution in [1.82, 2.24) is 4.90 Å². The second-order valence-electron chi connectivity index (χ2n) is 5.22. The maximum absolute atomic E-state index is 11.2. The van der Waals surface area contributed by atoms with Crippen molar-refractivity contribution in [2.45, 2.75) is 19.9 Å². The predicted molar refractivity (Wildman–Crippen MR) is 80.1 cm³/mol. The summed E-state index contributed by atoms with van der Waals surface area (Å²) in [6.07, 6.45) is 1.26. The third kappa shape index (κ3) is 4.93. The van der Waals surface area contributed by atoms with Gasteiger partial charge in [0.15, 0.2) is 0 Å². The molecular weight excluding hydrogens is 260 g/mol. The summed E-state index contributed by atoms with van der Waals surface area (Å²) in [6, 6.07) is 6.34. The minimum Gasteiger partial charge on any atom is -0.329 e. The first kappa shape index (κ1) is 16.1. The van der Waals surface area contributed by atoms with Gasteiger partial charge in [0.05, 0.1) is 5.75 Å². The van der Waals surface area contributed by atoms with E-state index in [1.54, 1.807) is 0 Å². The van der Waals surface area contributed by atoms with Gasteiger partial charge in [0.25, 0.3) is 0 Å². The molecule has 0 aliphatic rings. The van der Waals surface area contributed by atoms with E-state index in [9.17, 15) is 8.42 Å². The van der Waals surface area contributed by atoms with Gasteiger partial charge in [-0.1, -0.05) is 23.8 Å².